The summed E-state index contributed by atoms with van der Waals surface area (Å²) in [6.45, 7) is 1.75. The van der Waals surface area contributed by atoms with E-state index in [-0.39, 0.29) is 11.9 Å². The number of rotatable bonds is 3. The maximum atomic E-state index is 11.9. The van der Waals surface area contributed by atoms with E-state index in [0.29, 0.717) is 11.1 Å². The molecule has 1 atom stereocenters. The summed E-state index contributed by atoms with van der Waals surface area (Å²) in [7, 11) is 1.33. The smallest absolute Gasteiger partial charge is 0.337 e. The number of benzene rings is 1. The zero-order chi connectivity index (χ0) is 13.0. The number of amides is 1. The third-order valence-electron chi connectivity index (χ3n) is 2.96. The van der Waals surface area contributed by atoms with E-state index in [1.807, 2.05) is 0 Å². The highest BCUT2D eigenvalue weighted by molar-refractivity contribution is 5.96. The SMILES string of the molecule is COC(=O)c1ccc(C(=O)NC2CCNC2)cc1. The van der Waals surface area contributed by atoms with Crippen LogP contribution < -0.4 is 10.6 Å². The highest BCUT2D eigenvalue weighted by atomic mass is 16.5. The number of methoxy groups -OCH3 is 1. The van der Waals surface area contributed by atoms with E-state index in [9.17, 15) is 9.59 Å². The molecule has 0 bridgehead atoms. The number of ether oxygens (including phenoxy) is 1. The molecule has 18 heavy (non-hydrogen) atoms. The zero-order valence-corrected chi connectivity index (χ0v) is 10.2. The van der Waals surface area contributed by atoms with Gasteiger partial charge in [0.25, 0.3) is 5.91 Å². The fraction of sp³-hybridized carbons (Fsp3) is 0.385. The van der Waals surface area contributed by atoms with Gasteiger partial charge < -0.3 is 15.4 Å². The summed E-state index contributed by atoms with van der Waals surface area (Å²) in [5.41, 5.74) is 0.992. The number of nitrogens with one attached hydrogen (secondary N) is 2. The molecular weight excluding hydrogens is 232 g/mol. The Hall–Kier alpha value is -1.88. The van der Waals surface area contributed by atoms with Gasteiger partial charge in [-0.1, -0.05) is 0 Å². The van der Waals surface area contributed by atoms with Crippen molar-refractivity contribution in [1.82, 2.24) is 10.6 Å². The van der Waals surface area contributed by atoms with Crippen LogP contribution in [-0.4, -0.2) is 38.1 Å². The van der Waals surface area contributed by atoms with Crippen LogP contribution in [0.1, 0.15) is 27.1 Å². The van der Waals surface area contributed by atoms with Crippen LogP contribution in [0, 0.1) is 0 Å². The van der Waals surface area contributed by atoms with Crippen molar-refractivity contribution in [3.8, 4) is 0 Å². The maximum absolute atomic E-state index is 11.9. The molecule has 1 aliphatic heterocycles. The molecule has 5 nitrogen and oxygen atoms in total. The first-order valence-corrected chi connectivity index (χ1v) is 5.90. The first-order valence-electron chi connectivity index (χ1n) is 5.90. The maximum Gasteiger partial charge on any atom is 0.337 e. The molecule has 0 radical (unpaired) electrons. The molecule has 1 amide bonds. The standard InChI is InChI=1S/C13H16N2O3/c1-18-13(17)10-4-2-9(3-5-10)12(16)15-11-6-7-14-8-11/h2-5,11,14H,6-8H2,1H3,(H,15,16). The van der Waals surface area contributed by atoms with Crippen molar-refractivity contribution in [2.75, 3.05) is 20.2 Å². The van der Waals surface area contributed by atoms with Crippen molar-refractivity contribution >= 4 is 11.9 Å². The van der Waals surface area contributed by atoms with Gasteiger partial charge in [0, 0.05) is 18.2 Å². The molecule has 2 N–H and O–H groups in total. The van der Waals surface area contributed by atoms with Crippen LogP contribution in [0.25, 0.3) is 0 Å². The quantitative estimate of drug-likeness (QED) is 0.767. The summed E-state index contributed by atoms with van der Waals surface area (Å²) < 4.78 is 4.60. The van der Waals surface area contributed by atoms with E-state index in [0.717, 1.165) is 19.5 Å². The minimum atomic E-state index is -0.401. The molecule has 1 aromatic carbocycles. The number of carbonyl (C=O) groups excluding carboxylic acids is 2. The van der Waals surface area contributed by atoms with Gasteiger partial charge in [-0.3, -0.25) is 4.79 Å². The average Bonchev–Trinajstić information content (AvgIpc) is 2.91. The second-order valence-electron chi connectivity index (χ2n) is 4.23. The van der Waals surface area contributed by atoms with Crippen LogP contribution in [0.3, 0.4) is 0 Å². The van der Waals surface area contributed by atoms with Gasteiger partial charge in [-0.2, -0.15) is 0 Å². The van der Waals surface area contributed by atoms with Crippen molar-refractivity contribution < 1.29 is 14.3 Å². The van der Waals surface area contributed by atoms with Crippen LogP contribution in [0.2, 0.25) is 0 Å². The van der Waals surface area contributed by atoms with Gasteiger partial charge in [0.2, 0.25) is 0 Å². The first-order chi connectivity index (χ1) is 8.70. The Balaban J connectivity index is 2.00. The predicted octanol–water partition coefficient (Wildman–Crippen LogP) is 0.565. The molecule has 0 spiro atoms. The Kier molecular flexibility index (Phi) is 3.94. The van der Waals surface area contributed by atoms with Crippen LogP contribution in [0.5, 0.6) is 0 Å². The normalized spacial score (nSPS) is 18.4. The fourth-order valence-corrected chi connectivity index (χ4v) is 1.92. The topological polar surface area (TPSA) is 67.4 Å². The number of esters is 1. The van der Waals surface area contributed by atoms with Crippen molar-refractivity contribution in [2.45, 2.75) is 12.5 Å². The molecule has 96 valence electrons. The highest BCUT2D eigenvalue weighted by Gasteiger charge is 2.17. The number of hydrogen-bond donors (Lipinski definition) is 2. The molecular formula is C13H16N2O3. The van der Waals surface area contributed by atoms with Gasteiger partial charge in [-0.25, -0.2) is 4.79 Å². The molecule has 0 aromatic heterocycles. The average molecular weight is 248 g/mol. The Labute approximate surface area is 106 Å². The third kappa shape index (κ3) is 2.87. The summed E-state index contributed by atoms with van der Waals surface area (Å²) >= 11 is 0. The molecule has 2 rings (SSSR count). The van der Waals surface area contributed by atoms with Crippen molar-refractivity contribution in [1.29, 1.82) is 0 Å². The lowest BCUT2D eigenvalue weighted by atomic mass is 10.1. The van der Waals surface area contributed by atoms with Gasteiger partial charge in [0.1, 0.15) is 0 Å². The lowest BCUT2D eigenvalue weighted by Gasteiger charge is -2.11. The van der Waals surface area contributed by atoms with Crippen LogP contribution >= 0.6 is 0 Å². The van der Waals surface area contributed by atoms with E-state index in [1.165, 1.54) is 7.11 Å². The summed E-state index contributed by atoms with van der Waals surface area (Å²) in [5, 5.41) is 6.13. The molecule has 0 aliphatic carbocycles. The Bertz CT molecular complexity index is 436. The van der Waals surface area contributed by atoms with Gasteiger partial charge in [-0.15, -0.1) is 0 Å². The van der Waals surface area contributed by atoms with Crippen molar-refractivity contribution in [3.63, 3.8) is 0 Å². The summed E-state index contributed by atoms with van der Waals surface area (Å²) in [6.07, 6.45) is 0.950. The minimum absolute atomic E-state index is 0.111. The van der Waals surface area contributed by atoms with E-state index in [2.05, 4.69) is 15.4 Å². The lowest BCUT2D eigenvalue weighted by molar-refractivity contribution is 0.0600. The second kappa shape index (κ2) is 5.64. The van der Waals surface area contributed by atoms with Crippen LogP contribution in [0.4, 0.5) is 0 Å². The molecule has 5 heteroatoms. The van der Waals surface area contributed by atoms with E-state index in [4.69, 9.17) is 0 Å². The van der Waals surface area contributed by atoms with E-state index in [1.54, 1.807) is 24.3 Å². The second-order valence-corrected chi connectivity index (χ2v) is 4.23. The van der Waals surface area contributed by atoms with Gasteiger partial charge >= 0.3 is 5.97 Å². The lowest BCUT2D eigenvalue weighted by Crippen LogP contribution is -2.36. The van der Waals surface area contributed by atoms with E-state index < -0.39 is 5.97 Å². The van der Waals surface area contributed by atoms with Gasteiger partial charge in [0.05, 0.1) is 12.7 Å². The van der Waals surface area contributed by atoms with Crippen molar-refractivity contribution in [3.05, 3.63) is 35.4 Å². The monoisotopic (exact) mass is 248 g/mol. The van der Waals surface area contributed by atoms with Crippen molar-refractivity contribution in [2.24, 2.45) is 0 Å². The molecule has 1 heterocycles. The molecule has 1 unspecified atom stereocenters. The van der Waals surface area contributed by atoms with Gasteiger partial charge in [0.15, 0.2) is 0 Å². The molecule has 0 saturated carbocycles. The molecule has 1 aliphatic rings. The van der Waals surface area contributed by atoms with Gasteiger partial charge in [-0.05, 0) is 37.2 Å². The summed E-state index contributed by atoms with van der Waals surface area (Å²) in [6, 6.07) is 6.63. The molecule has 1 saturated heterocycles. The fourth-order valence-electron chi connectivity index (χ4n) is 1.92. The summed E-state index contributed by atoms with van der Waals surface area (Å²) in [5.74, 6) is -0.512. The number of carbonyl (C=O) groups is 2. The Morgan fingerprint density at radius 3 is 2.50 bits per heavy atom. The minimum Gasteiger partial charge on any atom is -0.465 e. The van der Waals surface area contributed by atoms with Crippen LogP contribution in [0.15, 0.2) is 24.3 Å². The Morgan fingerprint density at radius 1 is 1.28 bits per heavy atom. The summed E-state index contributed by atoms with van der Waals surface area (Å²) in [4.78, 5) is 23.1. The zero-order valence-electron chi connectivity index (χ0n) is 10.2. The Morgan fingerprint density at radius 2 is 1.94 bits per heavy atom. The third-order valence-corrected chi connectivity index (χ3v) is 2.96. The van der Waals surface area contributed by atoms with E-state index >= 15 is 0 Å². The first kappa shape index (κ1) is 12.6. The molecule has 1 aromatic rings. The largest absolute Gasteiger partial charge is 0.465 e. The highest BCUT2D eigenvalue weighted by Crippen LogP contribution is 2.07. The predicted molar refractivity (Wildman–Crippen MR) is 66.5 cm³/mol. The van der Waals surface area contributed by atoms with Crippen LogP contribution in [-0.2, 0) is 4.74 Å². The number of hydrogen-bond acceptors (Lipinski definition) is 4. The molecule has 1 fully saturated rings.